The number of anilines is 1. The maximum Gasteiger partial charge on any atom is 0.257 e. The van der Waals surface area contributed by atoms with Crippen LogP contribution in [0.5, 0.6) is 0 Å². The van der Waals surface area contributed by atoms with Gasteiger partial charge in [0.25, 0.3) is 5.91 Å². The van der Waals surface area contributed by atoms with Crippen LogP contribution in [0.3, 0.4) is 0 Å². The van der Waals surface area contributed by atoms with Crippen molar-refractivity contribution in [3.63, 3.8) is 0 Å². The molecule has 28 heavy (non-hydrogen) atoms. The molecule has 0 fully saturated rings. The number of hydrogen-bond donors (Lipinski definition) is 2. The van der Waals surface area contributed by atoms with Gasteiger partial charge in [0.05, 0.1) is 5.56 Å². The van der Waals surface area contributed by atoms with Crippen molar-refractivity contribution in [3.8, 4) is 0 Å². The highest BCUT2D eigenvalue weighted by Crippen LogP contribution is 2.30. The van der Waals surface area contributed by atoms with E-state index in [1.54, 1.807) is 12.4 Å². The van der Waals surface area contributed by atoms with Gasteiger partial charge in [-0.25, -0.2) is 0 Å². The molecule has 148 valence electrons. The summed E-state index contributed by atoms with van der Waals surface area (Å²) in [5.74, 6) is 0.242. The Balaban J connectivity index is 1.74. The third-order valence-corrected chi connectivity index (χ3v) is 5.22. The fraction of sp³-hybridized carbons (Fsp3) is 0.409. The van der Waals surface area contributed by atoms with Gasteiger partial charge >= 0.3 is 0 Å². The van der Waals surface area contributed by atoms with Gasteiger partial charge in [0.2, 0.25) is 5.91 Å². The Morgan fingerprint density at radius 1 is 1.29 bits per heavy atom. The van der Waals surface area contributed by atoms with Crippen molar-refractivity contribution in [3.05, 3.63) is 58.9 Å². The number of fused-ring (bicyclic) bond motifs is 1. The minimum Gasteiger partial charge on any atom is -0.370 e. The summed E-state index contributed by atoms with van der Waals surface area (Å²) in [6.45, 7) is 8.64. The first-order valence-corrected chi connectivity index (χ1v) is 9.73. The maximum atomic E-state index is 12.7. The first-order chi connectivity index (χ1) is 13.3. The van der Waals surface area contributed by atoms with Crippen molar-refractivity contribution >= 4 is 17.5 Å². The molecule has 1 aromatic heterocycles. The lowest BCUT2D eigenvalue weighted by Gasteiger charge is -2.33. The zero-order valence-corrected chi connectivity index (χ0v) is 16.7. The number of nitrogens with zero attached hydrogens (tertiary/aromatic N) is 2. The summed E-state index contributed by atoms with van der Waals surface area (Å²) >= 11 is 0. The Labute approximate surface area is 166 Å². The fourth-order valence-corrected chi connectivity index (χ4v) is 3.63. The van der Waals surface area contributed by atoms with Crippen LogP contribution in [-0.4, -0.2) is 34.8 Å². The molecule has 3 N–H and O–H groups in total. The lowest BCUT2D eigenvalue weighted by atomic mass is 9.90. The number of amides is 2. The summed E-state index contributed by atoms with van der Waals surface area (Å²) in [7, 11) is 0. The Kier molecular flexibility index (Phi) is 6.09. The molecule has 6 nitrogen and oxygen atoms in total. The summed E-state index contributed by atoms with van der Waals surface area (Å²) < 4.78 is 0. The summed E-state index contributed by atoms with van der Waals surface area (Å²) in [6.07, 6.45) is 3.74. The molecule has 0 aliphatic carbocycles. The van der Waals surface area contributed by atoms with Crippen molar-refractivity contribution in [1.29, 1.82) is 0 Å². The van der Waals surface area contributed by atoms with E-state index in [4.69, 9.17) is 5.73 Å². The zero-order valence-electron chi connectivity index (χ0n) is 16.7. The van der Waals surface area contributed by atoms with E-state index in [0.717, 1.165) is 24.3 Å². The van der Waals surface area contributed by atoms with E-state index < -0.39 is 0 Å². The van der Waals surface area contributed by atoms with Crippen LogP contribution in [0.2, 0.25) is 0 Å². The van der Waals surface area contributed by atoms with E-state index in [-0.39, 0.29) is 11.8 Å². The number of nitrogens with one attached hydrogen (secondary N) is 1. The minimum absolute atomic E-state index is 0.163. The van der Waals surface area contributed by atoms with Crippen LogP contribution in [0.4, 0.5) is 5.69 Å². The minimum atomic E-state index is -0.281. The van der Waals surface area contributed by atoms with E-state index in [0.29, 0.717) is 30.4 Å². The monoisotopic (exact) mass is 380 g/mol. The number of hydrogen-bond acceptors (Lipinski definition) is 4. The van der Waals surface area contributed by atoms with E-state index in [1.165, 1.54) is 11.1 Å². The molecule has 1 aliphatic heterocycles. The Morgan fingerprint density at radius 2 is 2.07 bits per heavy atom. The van der Waals surface area contributed by atoms with Gasteiger partial charge in [-0.05, 0) is 46.7 Å². The molecular formula is C22H28N4O2. The van der Waals surface area contributed by atoms with Gasteiger partial charge in [0.15, 0.2) is 0 Å². The normalized spacial score (nSPS) is 16.6. The zero-order chi connectivity index (χ0) is 20.3. The highest BCUT2D eigenvalue weighted by Gasteiger charge is 2.23. The lowest BCUT2D eigenvalue weighted by molar-refractivity contribution is -0.118. The molecule has 6 heteroatoms. The van der Waals surface area contributed by atoms with Gasteiger partial charge in [-0.3, -0.25) is 19.5 Å². The number of carbonyl (C=O) groups excluding carboxylic acids is 2. The molecule has 2 amide bonds. The van der Waals surface area contributed by atoms with Crippen molar-refractivity contribution < 1.29 is 9.59 Å². The Hall–Kier alpha value is -2.73. The first kappa shape index (κ1) is 20.0. The standard InChI is InChI=1S/C22H28N4O2/c1-14(2)16-8-17(11-24-10-16)22(28)25-19-4-5-20-15(3)12-26(7-6-21(23)27)13-18(20)9-19/h4-5,8-11,14-15H,6-7,12-13H2,1-3H3,(H2,23,27)(H,25,28)/t15-/m0/s1. The van der Waals surface area contributed by atoms with Crippen molar-refractivity contribution in [2.75, 3.05) is 18.4 Å². The molecule has 2 heterocycles. The smallest absolute Gasteiger partial charge is 0.257 e. The van der Waals surface area contributed by atoms with Crippen LogP contribution in [0.25, 0.3) is 0 Å². The number of nitrogens with two attached hydrogens (primary N) is 1. The highest BCUT2D eigenvalue weighted by atomic mass is 16.2. The van der Waals surface area contributed by atoms with E-state index in [2.05, 4.69) is 42.0 Å². The third kappa shape index (κ3) is 4.75. The number of aromatic nitrogens is 1. The van der Waals surface area contributed by atoms with Crippen LogP contribution in [-0.2, 0) is 11.3 Å². The molecule has 1 aliphatic rings. The summed E-state index contributed by atoms with van der Waals surface area (Å²) in [6, 6.07) is 7.95. The quantitative estimate of drug-likeness (QED) is 0.805. The molecule has 0 saturated carbocycles. The summed E-state index contributed by atoms with van der Waals surface area (Å²) in [5, 5.41) is 2.98. The largest absolute Gasteiger partial charge is 0.370 e. The second-order valence-electron chi connectivity index (χ2n) is 7.88. The fourth-order valence-electron chi connectivity index (χ4n) is 3.63. The molecule has 0 bridgehead atoms. The van der Waals surface area contributed by atoms with E-state index in [9.17, 15) is 9.59 Å². The molecular weight excluding hydrogens is 352 g/mol. The van der Waals surface area contributed by atoms with Gasteiger partial charge in [0, 0.05) is 44.1 Å². The number of pyridine rings is 1. The van der Waals surface area contributed by atoms with Crippen LogP contribution in [0.1, 0.15) is 66.1 Å². The van der Waals surface area contributed by atoms with Gasteiger partial charge < -0.3 is 11.1 Å². The van der Waals surface area contributed by atoms with E-state index >= 15 is 0 Å². The molecule has 1 aromatic carbocycles. The second kappa shape index (κ2) is 8.52. The molecule has 0 unspecified atom stereocenters. The molecule has 0 spiro atoms. The molecule has 0 radical (unpaired) electrons. The van der Waals surface area contributed by atoms with Crippen molar-refractivity contribution in [1.82, 2.24) is 9.88 Å². The van der Waals surface area contributed by atoms with Crippen LogP contribution in [0, 0.1) is 0 Å². The van der Waals surface area contributed by atoms with Gasteiger partial charge in [-0.1, -0.05) is 26.8 Å². The van der Waals surface area contributed by atoms with Gasteiger partial charge in [-0.15, -0.1) is 0 Å². The Bertz CT molecular complexity index is 879. The van der Waals surface area contributed by atoms with Crippen molar-refractivity contribution in [2.24, 2.45) is 5.73 Å². The number of benzene rings is 1. The second-order valence-corrected chi connectivity index (χ2v) is 7.88. The average Bonchev–Trinajstić information content (AvgIpc) is 2.66. The predicted octanol–water partition coefficient (Wildman–Crippen LogP) is 3.25. The van der Waals surface area contributed by atoms with Crippen LogP contribution >= 0.6 is 0 Å². The average molecular weight is 380 g/mol. The first-order valence-electron chi connectivity index (χ1n) is 9.73. The third-order valence-electron chi connectivity index (χ3n) is 5.22. The van der Waals surface area contributed by atoms with Crippen molar-refractivity contribution in [2.45, 2.75) is 45.6 Å². The van der Waals surface area contributed by atoms with Gasteiger partial charge in [0.1, 0.15) is 0 Å². The van der Waals surface area contributed by atoms with E-state index in [1.807, 2.05) is 18.2 Å². The number of primary amides is 1. The number of carbonyl (C=O) groups is 2. The molecule has 2 aromatic rings. The predicted molar refractivity (Wildman–Crippen MR) is 110 cm³/mol. The topological polar surface area (TPSA) is 88.3 Å². The Morgan fingerprint density at radius 3 is 2.79 bits per heavy atom. The maximum absolute atomic E-state index is 12.7. The molecule has 3 rings (SSSR count). The highest BCUT2D eigenvalue weighted by molar-refractivity contribution is 6.04. The summed E-state index contributed by atoms with van der Waals surface area (Å²) in [4.78, 5) is 30.2. The molecule has 0 saturated heterocycles. The van der Waals surface area contributed by atoms with Crippen LogP contribution < -0.4 is 11.1 Å². The summed E-state index contributed by atoms with van der Waals surface area (Å²) in [5.41, 5.74) is 10.1. The van der Waals surface area contributed by atoms with Gasteiger partial charge in [-0.2, -0.15) is 0 Å². The number of rotatable bonds is 6. The van der Waals surface area contributed by atoms with Crippen LogP contribution in [0.15, 0.2) is 36.7 Å². The lowest BCUT2D eigenvalue weighted by Crippen LogP contribution is -2.35. The molecule has 1 atom stereocenters. The SMILES string of the molecule is CC(C)c1cncc(C(=O)Nc2ccc3c(c2)CN(CCC(N)=O)C[C@@H]3C)c1.